The molecule has 2 atom stereocenters. The van der Waals surface area contributed by atoms with Gasteiger partial charge in [0.25, 0.3) is 0 Å². The van der Waals surface area contributed by atoms with Crippen LogP contribution in [0.4, 0.5) is 0 Å². The molecule has 2 fully saturated rings. The van der Waals surface area contributed by atoms with Gasteiger partial charge in [0.2, 0.25) is 5.91 Å². The minimum Gasteiger partial charge on any atom is -0.393 e. The Morgan fingerprint density at radius 3 is 2.57 bits per heavy atom. The average Bonchev–Trinajstić information content (AvgIpc) is 2.73. The summed E-state index contributed by atoms with van der Waals surface area (Å²) >= 11 is 4.73. The third-order valence-electron chi connectivity index (χ3n) is 3.28. The molecule has 78 valence electrons. The summed E-state index contributed by atoms with van der Waals surface area (Å²) in [6.45, 7) is 0.597. The molecule has 4 heteroatoms. The quantitative estimate of drug-likeness (QED) is 0.679. The summed E-state index contributed by atoms with van der Waals surface area (Å²) in [5.74, 6) is 2.20. The van der Waals surface area contributed by atoms with Gasteiger partial charge in [0.05, 0.1) is 4.99 Å². The summed E-state index contributed by atoms with van der Waals surface area (Å²) < 4.78 is 0. The zero-order chi connectivity index (χ0) is 10.1. The number of hydrogen-bond acceptors (Lipinski definition) is 2. The predicted molar refractivity (Wildman–Crippen MR) is 58.7 cm³/mol. The number of carbonyl (C=O) groups is 1. The number of amides is 1. The molecule has 0 aromatic carbocycles. The first-order valence-corrected chi connectivity index (χ1v) is 5.63. The van der Waals surface area contributed by atoms with Gasteiger partial charge in [0.15, 0.2) is 0 Å². The number of nitrogens with one attached hydrogen (secondary N) is 1. The Labute approximate surface area is 89.4 Å². The van der Waals surface area contributed by atoms with E-state index in [4.69, 9.17) is 18.0 Å². The van der Waals surface area contributed by atoms with Gasteiger partial charge < -0.3 is 11.1 Å². The van der Waals surface area contributed by atoms with Crippen molar-refractivity contribution in [3.63, 3.8) is 0 Å². The van der Waals surface area contributed by atoms with Crippen LogP contribution in [0, 0.1) is 17.8 Å². The fourth-order valence-corrected chi connectivity index (χ4v) is 2.48. The molecule has 0 aromatic heterocycles. The highest BCUT2D eigenvalue weighted by Gasteiger charge is 2.47. The Morgan fingerprint density at radius 2 is 2.00 bits per heavy atom. The van der Waals surface area contributed by atoms with Gasteiger partial charge in [-0.1, -0.05) is 12.2 Å². The van der Waals surface area contributed by atoms with E-state index in [1.807, 2.05) is 0 Å². The molecule has 0 saturated heterocycles. The van der Waals surface area contributed by atoms with Crippen LogP contribution in [0.3, 0.4) is 0 Å². The van der Waals surface area contributed by atoms with Gasteiger partial charge in [0, 0.05) is 18.9 Å². The van der Waals surface area contributed by atoms with Crippen LogP contribution < -0.4 is 11.1 Å². The fraction of sp³-hybridized carbons (Fsp3) is 0.800. The maximum absolute atomic E-state index is 11.6. The molecule has 0 heterocycles. The highest BCUT2D eigenvalue weighted by Crippen LogP contribution is 2.54. The topological polar surface area (TPSA) is 55.1 Å². The van der Waals surface area contributed by atoms with E-state index in [0.717, 1.165) is 24.7 Å². The molecule has 3 nitrogen and oxygen atoms in total. The Hall–Kier alpha value is -0.640. The van der Waals surface area contributed by atoms with Gasteiger partial charge in [-0.05, 0) is 31.1 Å². The summed E-state index contributed by atoms with van der Waals surface area (Å²) in [4.78, 5) is 12.1. The lowest BCUT2D eigenvalue weighted by Gasteiger charge is -2.11. The number of carbonyl (C=O) groups excluding carboxylic acids is 1. The zero-order valence-corrected chi connectivity index (χ0v) is 8.98. The van der Waals surface area contributed by atoms with Gasteiger partial charge in [-0.2, -0.15) is 0 Å². The van der Waals surface area contributed by atoms with Gasteiger partial charge in [0.1, 0.15) is 0 Å². The summed E-state index contributed by atoms with van der Waals surface area (Å²) in [5.41, 5.74) is 5.34. The van der Waals surface area contributed by atoms with E-state index in [2.05, 4.69) is 5.32 Å². The van der Waals surface area contributed by atoms with E-state index in [1.165, 1.54) is 6.42 Å². The van der Waals surface area contributed by atoms with Gasteiger partial charge >= 0.3 is 0 Å². The molecule has 1 amide bonds. The molecule has 0 aromatic rings. The van der Waals surface area contributed by atoms with Crippen LogP contribution >= 0.6 is 12.2 Å². The first kappa shape index (κ1) is 9.90. The zero-order valence-electron chi connectivity index (χ0n) is 8.16. The Kier molecular flexibility index (Phi) is 2.72. The molecule has 0 bridgehead atoms. The molecule has 2 rings (SSSR count). The first-order valence-electron chi connectivity index (χ1n) is 5.23. The molecular weight excluding hydrogens is 196 g/mol. The Balaban J connectivity index is 1.66. The molecule has 0 spiro atoms. The summed E-state index contributed by atoms with van der Waals surface area (Å²) in [5, 5.41) is 2.89. The monoisotopic (exact) mass is 212 g/mol. The molecule has 0 aliphatic heterocycles. The van der Waals surface area contributed by atoms with E-state index in [0.29, 0.717) is 18.0 Å². The highest BCUT2D eigenvalue weighted by atomic mass is 32.1. The van der Waals surface area contributed by atoms with Crippen molar-refractivity contribution in [2.45, 2.75) is 25.7 Å². The van der Waals surface area contributed by atoms with Crippen LogP contribution in [-0.2, 0) is 4.79 Å². The molecular formula is C10H16N2OS. The lowest BCUT2D eigenvalue weighted by molar-refractivity contribution is -0.125. The highest BCUT2D eigenvalue weighted by molar-refractivity contribution is 7.80. The van der Waals surface area contributed by atoms with Crippen LogP contribution in [0.15, 0.2) is 0 Å². The Bertz CT molecular complexity index is 257. The van der Waals surface area contributed by atoms with E-state index < -0.39 is 0 Å². The average molecular weight is 212 g/mol. The third kappa shape index (κ3) is 2.23. The summed E-state index contributed by atoms with van der Waals surface area (Å²) in [6, 6.07) is 0. The molecule has 0 radical (unpaired) electrons. The minimum atomic E-state index is 0.202. The predicted octanol–water partition coefficient (Wildman–Crippen LogP) is 0.825. The second-order valence-electron chi connectivity index (χ2n) is 4.43. The fourth-order valence-electron chi connectivity index (χ4n) is 2.38. The number of hydrogen-bond donors (Lipinski definition) is 2. The maximum Gasteiger partial charge on any atom is 0.223 e. The van der Waals surface area contributed by atoms with Gasteiger partial charge in [-0.15, -0.1) is 0 Å². The van der Waals surface area contributed by atoms with E-state index in [-0.39, 0.29) is 11.8 Å². The van der Waals surface area contributed by atoms with Crippen LogP contribution in [0.5, 0.6) is 0 Å². The number of thiocarbonyl (C=S) groups is 1. The summed E-state index contributed by atoms with van der Waals surface area (Å²) in [7, 11) is 0. The van der Waals surface area contributed by atoms with Crippen molar-refractivity contribution in [3.8, 4) is 0 Å². The normalized spacial score (nSPS) is 33.6. The standard InChI is InChI=1S/C10H16N2OS/c11-9(14)1-2-12-10(13)8-4-6-3-7(6)5-8/h6-8H,1-5H2,(H2,11,14)(H,12,13). The second kappa shape index (κ2) is 3.85. The Morgan fingerprint density at radius 1 is 1.36 bits per heavy atom. The first-order chi connectivity index (χ1) is 6.66. The molecule has 3 N–H and O–H groups in total. The van der Waals surface area contributed by atoms with Crippen molar-refractivity contribution in [2.75, 3.05) is 6.54 Å². The number of rotatable bonds is 4. The van der Waals surface area contributed by atoms with Crippen LogP contribution in [-0.4, -0.2) is 17.4 Å². The molecule has 2 unspecified atom stereocenters. The van der Waals surface area contributed by atoms with Crippen LogP contribution in [0.1, 0.15) is 25.7 Å². The smallest absolute Gasteiger partial charge is 0.223 e. The van der Waals surface area contributed by atoms with E-state index in [9.17, 15) is 4.79 Å². The van der Waals surface area contributed by atoms with Crippen LogP contribution in [0.25, 0.3) is 0 Å². The van der Waals surface area contributed by atoms with Gasteiger partial charge in [-0.3, -0.25) is 4.79 Å². The lowest BCUT2D eigenvalue weighted by atomic mass is 10.0. The largest absolute Gasteiger partial charge is 0.393 e. The summed E-state index contributed by atoms with van der Waals surface area (Å²) in [6.07, 6.45) is 4.17. The molecule has 2 aliphatic carbocycles. The molecule has 2 saturated carbocycles. The molecule has 14 heavy (non-hydrogen) atoms. The van der Waals surface area contributed by atoms with Crippen molar-refractivity contribution in [2.24, 2.45) is 23.5 Å². The number of nitrogens with two attached hydrogens (primary N) is 1. The minimum absolute atomic E-state index is 0.202. The third-order valence-corrected chi connectivity index (χ3v) is 3.49. The maximum atomic E-state index is 11.6. The van der Waals surface area contributed by atoms with Crippen molar-refractivity contribution in [1.82, 2.24) is 5.32 Å². The van der Waals surface area contributed by atoms with E-state index >= 15 is 0 Å². The van der Waals surface area contributed by atoms with E-state index in [1.54, 1.807) is 0 Å². The van der Waals surface area contributed by atoms with Crippen molar-refractivity contribution in [3.05, 3.63) is 0 Å². The second-order valence-corrected chi connectivity index (χ2v) is 4.96. The van der Waals surface area contributed by atoms with Gasteiger partial charge in [-0.25, -0.2) is 0 Å². The van der Waals surface area contributed by atoms with Crippen molar-refractivity contribution in [1.29, 1.82) is 0 Å². The number of fused-ring (bicyclic) bond motifs is 1. The van der Waals surface area contributed by atoms with Crippen LogP contribution in [0.2, 0.25) is 0 Å². The molecule has 2 aliphatic rings. The van der Waals surface area contributed by atoms with Crippen molar-refractivity contribution < 1.29 is 4.79 Å². The lowest BCUT2D eigenvalue weighted by Crippen LogP contribution is -2.32. The van der Waals surface area contributed by atoms with Crippen molar-refractivity contribution >= 4 is 23.1 Å². The SMILES string of the molecule is NC(=S)CCNC(=O)C1CC2CC2C1.